The molecule has 0 bridgehead atoms. The highest BCUT2D eigenvalue weighted by Gasteiger charge is 2.08. The first-order valence-corrected chi connectivity index (χ1v) is 6.84. The molecule has 0 aliphatic heterocycles. The Morgan fingerprint density at radius 3 is 2.45 bits per heavy atom. The van der Waals surface area contributed by atoms with Crippen LogP contribution in [-0.4, -0.2) is 16.2 Å². The van der Waals surface area contributed by atoms with Crippen LogP contribution in [0.3, 0.4) is 0 Å². The van der Waals surface area contributed by atoms with Crippen LogP contribution in [0.1, 0.15) is 44.1 Å². The maximum Gasteiger partial charge on any atom is 0.240 e. The lowest BCUT2D eigenvalue weighted by molar-refractivity contribution is 0.242. The van der Waals surface area contributed by atoms with Gasteiger partial charge in [-0.2, -0.15) is 4.98 Å². The van der Waals surface area contributed by atoms with E-state index in [1.54, 1.807) is 0 Å². The van der Waals surface area contributed by atoms with Crippen molar-refractivity contribution < 1.29 is 9.26 Å². The molecule has 0 saturated carbocycles. The van der Waals surface area contributed by atoms with E-state index in [-0.39, 0.29) is 12.1 Å². The number of ether oxygens (including phenoxy) is 1. The number of benzene rings is 1. The topological polar surface area (TPSA) is 60.2 Å². The quantitative estimate of drug-likeness (QED) is 0.878. The molecule has 5 heteroatoms. The standard InChI is InChI=1S/C15H21N3O2/c1-10(2)19-14-7-5-13(6-8-14)11(3)16-9-15-17-12(4)18-20-15/h5-8,10-11,16H,9H2,1-4H3. The normalized spacial score (nSPS) is 12.7. The fraction of sp³-hybridized carbons (Fsp3) is 0.467. The van der Waals surface area contributed by atoms with Gasteiger partial charge in [-0.1, -0.05) is 17.3 Å². The summed E-state index contributed by atoms with van der Waals surface area (Å²) in [6, 6.07) is 8.31. The van der Waals surface area contributed by atoms with Crippen molar-refractivity contribution in [1.29, 1.82) is 0 Å². The van der Waals surface area contributed by atoms with Crippen LogP contribution in [0.4, 0.5) is 0 Å². The van der Waals surface area contributed by atoms with Gasteiger partial charge in [0.1, 0.15) is 5.75 Å². The van der Waals surface area contributed by atoms with E-state index in [1.807, 2.05) is 32.9 Å². The molecular weight excluding hydrogens is 254 g/mol. The van der Waals surface area contributed by atoms with E-state index in [1.165, 1.54) is 5.56 Å². The third-order valence-electron chi connectivity index (χ3n) is 2.88. The SMILES string of the molecule is Cc1noc(CNC(C)c2ccc(OC(C)C)cc2)n1. The molecule has 0 saturated heterocycles. The number of nitrogens with zero attached hydrogens (tertiary/aromatic N) is 2. The molecule has 1 N–H and O–H groups in total. The van der Waals surface area contributed by atoms with E-state index in [2.05, 4.69) is 34.5 Å². The fourth-order valence-corrected chi connectivity index (χ4v) is 1.88. The minimum absolute atomic E-state index is 0.192. The molecule has 2 rings (SSSR count). The van der Waals surface area contributed by atoms with Crippen LogP contribution in [0, 0.1) is 6.92 Å². The van der Waals surface area contributed by atoms with Crippen molar-refractivity contribution in [1.82, 2.24) is 15.5 Å². The molecule has 1 atom stereocenters. The van der Waals surface area contributed by atoms with Gasteiger partial charge < -0.3 is 14.6 Å². The maximum atomic E-state index is 5.63. The second-order valence-corrected chi connectivity index (χ2v) is 5.07. The largest absolute Gasteiger partial charge is 0.491 e. The van der Waals surface area contributed by atoms with Gasteiger partial charge in [0.15, 0.2) is 5.82 Å². The van der Waals surface area contributed by atoms with Gasteiger partial charge in [0.25, 0.3) is 0 Å². The Hall–Kier alpha value is -1.88. The van der Waals surface area contributed by atoms with Gasteiger partial charge in [-0.3, -0.25) is 0 Å². The van der Waals surface area contributed by atoms with E-state index < -0.39 is 0 Å². The van der Waals surface area contributed by atoms with Gasteiger partial charge >= 0.3 is 0 Å². The zero-order valence-electron chi connectivity index (χ0n) is 12.4. The van der Waals surface area contributed by atoms with Crippen molar-refractivity contribution in [3.8, 4) is 5.75 Å². The first-order chi connectivity index (χ1) is 9.54. The summed E-state index contributed by atoms with van der Waals surface area (Å²) in [7, 11) is 0. The van der Waals surface area contributed by atoms with E-state index in [0.29, 0.717) is 18.3 Å². The minimum atomic E-state index is 0.192. The lowest BCUT2D eigenvalue weighted by atomic mass is 10.1. The van der Waals surface area contributed by atoms with Crippen molar-refractivity contribution in [3.05, 3.63) is 41.5 Å². The van der Waals surface area contributed by atoms with Gasteiger partial charge in [-0.05, 0) is 45.4 Å². The second kappa shape index (κ2) is 6.52. The highest BCUT2D eigenvalue weighted by atomic mass is 16.5. The lowest BCUT2D eigenvalue weighted by Crippen LogP contribution is -2.18. The third kappa shape index (κ3) is 4.06. The Morgan fingerprint density at radius 1 is 1.20 bits per heavy atom. The molecule has 0 aliphatic rings. The van der Waals surface area contributed by atoms with Gasteiger partial charge in [0.05, 0.1) is 12.6 Å². The molecule has 20 heavy (non-hydrogen) atoms. The number of hydrogen-bond acceptors (Lipinski definition) is 5. The van der Waals surface area contributed by atoms with Gasteiger partial charge in [-0.25, -0.2) is 0 Å². The Kier molecular flexibility index (Phi) is 4.74. The highest BCUT2D eigenvalue weighted by molar-refractivity contribution is 5.29. The Balaban J connectivity index is 1.90. The van der Waals surface area contributed by atoms with Gasteiger partial charge in [0, 0.05) is 6.04 Å². The van der Waals surface area contributed by atoms with E-state index in [4.69, 9.17) is 9.26 Å². The molecular formula is C15H21N3O2. The van der Waals surface area contributed by atoms with Crippen molar-refractivity contribution in [2.24, 2.45) is 0 Å². The molecule has 0 amide bonds. The van der Waals surface area contributed by atoms with Crippen LogP contribution in [0.2, 0.25) is 0 Å². The van der Waals surface area contributed by atoms with Crippen LogP contribution in [0.25, 0.3) is 0 Å². The zero-order chi connectivity index (χ0) is 14.5. The molecule has 0 aliphatic carbocycles. The average Bonchev–Trinajstić information content (AvgIpc) is 2.82. The van der Waals surface area contributed by atoms with Crippen LogP contribution >= 0.6 is 0 Å². The minimum Gasteiger partial charge on any atom is -0.491 e. The summed E-state index contributed by atoms with van der Waals surface area (Å²) < 4.78 is 10.7. The van der Waals surface area contributed by atoms with Crippen molar-refractivity contribution >= 4 is 0 Å². The van der Waals surface area contributed by atoms with Crippen molar-refractivity contribution in [3.63, 3.8) is 0 Å². The number of rotatable bonds is 6. The van der Waals surface area contributed by atoms with Crippen LogP contribution in [-0.2, 0) is 6.54 Å². The Bertz CT molecular complexity index is 534. The molecule has 2 aromatic rings. The molecule has 1 aromatic carbocycles. The number of hydrogen-bond donors (Lipinski definition) is 1. The van der Waals surface area contributed by atoms with Crippen LogP contribution in [0.15, 0.2) is 28.8 Å². The van der Waals surface area contributed by atoms with Crippen molar-refractivity contribution in [2.45, 2.75) is 46.4 Å². The maximum absolute atomic E-state index is 5.63. The van der Waals surface area contributed by atoms with Crippen LogP contribution in [0.5, 0.6) is 5.75 Å². The summed E-state index contributed by atoms with van der Waals surface area (Å²) in [4.78, 5) is 4.16. The molecule has 0 spiro atoms. The summed E-state index contributed by atoms with van der Waals surface area (Å²) in [5, 5.41) is 7.12. The smallest absolute Gasteiger partial charge is 0.240 e. The molecule has 0 radical (unpaired) electrons. The monoisotopic (exact) mass is 275 g/mol. The van der Waals surface area contributed by atoms with E-state index >= 15 is 0 Å². The zero-order valence-corrected chi connectivity index (χ0v) is 12.4. The summed E-state index contributed by atoms with van der Waals surface area (Å²) in [6.07, 6.45) is 0.192. The molecule has 1 unspecified atom stereocenters. The van der Waals surface area contributed by atoms with E-state index in [0.717, 1.165) is 5.75 Å². The van der Waals surface area contributed by atoms with E-state index in [9.17, 15) is 0 Å². The summed E-state index contributed by atoms with van der Waals surface area (Å²) in [5.74, 6) is 2.15. The Labute approximate surface area is 119 Å². The third-order valence-corrected chi connectivity index (χ3v) is 2.88. The first-order valence-electron chi connectivity index (χ1n) is 6.84. The van der Waals surface area contributed by atoms with Gasteiger partial charge in [-0.15, -0.1) is 0 Å². The highest BCUT2D eigenvalue weighted by Crippen LogP contribution is 2.18. The summed E-state index contributed by atoms with van der Waals surface area (Å²) in [6.45, 7) is 8.51. The molecule has 1 aromatic heterocycles. The number of aromatic nitrogens is 2. The summed E-state index contributed by atoms with van der Waals surface area (Å²) >= 11 is 0. The number of aryl methyl sites for hydroxylation is 1. The predicted octanol–water partition coefficient (Wildman–Crippen LogP) is 3.02. The second-order valence-electron chi connectivity index (χ2n) is 5.07. The molecule has 108 valence electrons. The Morgan fingerprint density at radius 2 is 1.90 bits per heavy atom. The predicted molar refractivity (Wildman–Crippen MR) is 76.5 cm³/mol. The molecule has 0 fully saturated rings. The fourth-order valence-electron chi connectivity index (χ4n) is 1.88. The molecule has 5 nitrogen and oxygen atoms in total. The molecule has 1 heterocycles. The lowest BCUT2D eigenvalue weighted by Gasteiger charge is -2.14. The first kappa shape index (κ1) is 14.5. The van der Waals surface area contributed by atoms with Crippen molar-refractivity contribution in [2.75, 3.05) is 0 Å². The van der Waals surface area contributed by atoms with Crippen LogP contribution < -0.4 is 10.1 Å². The number of nitrogens with one attached hydrogen (secondary N) is 1. The summed E-state index contributed by atoms with van der Waals surface area (Å²) in [5.41, 5.74) is 1.19. The average molecular weight is 275 g/mol. The van der Waals surface area contributed by atoms with Gasteiger partial charge in [0.2, 0.25) is 5.89 Å².